The topological polar surface area (TPSA) is 58.6 Å². The van der Waals surface area contributed by atoms with E-state index < -0.39 is 12.0 Å². The molecule has 1 aromatic rings. The highest BCUT2D eigenvalue weighted by Crippen LogP contribution is 2.31. The van der Waals surface area contributed by atoms with Gasteiger partial charge in [-0.1, -0.05) is 30.3 Å². The lowest BCUT2D eigenvalue weighted by Crippen LogP contribution is -2.48. The van der Waals surface area contributed by atoms with E-state index in [1.54, 1.807) is 6.92 Å². The van der Waals surface area contributed by atoms with Gasteiger partial charge in [0.15, 0.2) is 0 Å². The number of ether oxygens (including phenoxy) is 1. The molecular formula is C16H19ClN2O3. The molecule has 1 N–H and O–H groups in total. The molecule has 0 bridgehead atoms. The summed E-state index contributed by atoms with van der Waals surface area (Å²) in [4.78, 5) is 26.1. The van der Waals surface area contributed by atoms with Gasteiger partial charge in [0.05, 0.1) is 29.8 Å². The van der Waals surface area contributed by atoms with E-state index in [1.807, 2.05) is 37.3 Å². The third-order valence-electron chi connectivity index (χ3n) is 3.51. The van der Waals surface area contributed by atoms with Crippen LogP contribution in [-0.4, -0.2) is 35.9 Å². The number of alkyl halides is 1. The third-order valence-corrected chi connectivity index (χ3v) is 3.76. The zero-order valence-corrected chi connectivity index (χ0v) is 13.4. The van der Waals surface area contributed by atoms with E-state index in [2.05, 4.69) is 5.32 Å². The minimum Gasteiger partial charge on any atom is -0.463 e. The van der Waals surface area contributed by atoms with E-state index in [4.69, 9.17) is 16.3 Å². The van der Waals surface area contributed by atoms with E-state index in [0.29, 0.717) is 17.8 Å². The van der Waals surface area contributed by atoms with Gasteiger partial charge in [0, 0.05) is 6.54 Å². The van der Waals surface area contributed by atoms with E-state index >= 15 is 0 Å². The number of carbonyl (C=O) groups excluding carboxylic acids is 2. The molecule has 0 fully saturated rings. The Morgan fingerprint density at radius 2 is 2.00 bits per heavy atom. The third kappa shape index (κ3) is 3.09. The minimum absolute atomic E-state index is 0.0682. The van der Waals surface area contributed by atoms with Crippen LogP contribution in [0.25, 0.3) is 0 Å². The molecule has 1 atom stereocenters. The van der Waals surface area contributed by atoms with E-state index in [0.717, 1.165) is 5.56 Å². The number of hydrogen-bond acceptors (Lipinski definition) is 3. The van der Waals surface area contributed by atoms with Crippen molar-refractivity contribution in [1.82, 2.24) is 10.2 Å². The van der Waals surface area contributed by atoms with Crippen LogP contribution in [0.2, 0.25) is 0 Å². The Morgan fingerprint density at radius 1 is 1.32 bits per heavy atom. The van der Waals surface area contributed by atoms with Crippen molar-refractivity contribution in [1.29, 1.82) is 0 Å². The molecule has 1 aliphatic heterocycles. The van der Waals surface area contributed by atoms with Crippen LogP contribution in [0.5, 0.6) is 0 Å². The molecule has 0 aromatic heterocycles. The number of urea groups is 1. The molecule has 1 heterocycles. The van der Waals surface area contributed by atoms with Gasteiger partial charge in [0.1, 0.15) is 0 Å². The average molecular weight is 323 g/mol. The number of esters is 1. The van der Waals surface area contributed by atoms with Gasteiger partial charge in [-0.3, -0.25) is 4.90 Å². The number of nitrogens with zero attached hydrogens (tertiary/aromatic N) is 1. The van der Waals surface area contributed by atoms with Crippen LogP contribution in [0.3, 0.4) is 0 Å². The fourth-order valence-corrected chi connectivity index (χ4v) is 2.81. The second kappa shape index (κ2) is 7.31. The Kier molecular flexibility index (Phi) is 5.44. The number of benzene rings is 1. The normalized spacial score (nSPS) is 18.2. The number of halogens is 1. The smallest absolute Gasteiger partial charge is 0.338 e. The van der Waals surface area contributed by atoms with Crippen LogP contribution in [0.15, 0.2) is 41.6 Å². The maximum Gasteiger partial charge on any atom is 0.338 e. The highest BCUT2D eigenvalue weighted by atomic mass is 35.5. The van der Waals surface area contributed by atoms with E-state index in [9.17, 15) is 9.59 Å². The number of carbonyl (C=O) groups is 2. The molecule has 1 aromatic carbocycles. The summed E-state index contributed by atoms with van der Waals surface area (Å²) in [6.07, 6.45) is 0. The molecule has 0 aliphatic carbocycles. The fraction of sp³-hybridized carbons (Fsp3) is 0.375. The molecule has 1 aliphatic rings. The molecule has 0 unspecified atom stereocenters. The van der Waals surface area contributed by atoms with Gasteiger partial charge >= 0.3 is 12.0 Å². The molecular weight excluding hydrogens is 304 g/mol. The number of amides is 2. The lowest BCUT2D eigenvalue weighted by Gasteiger charge is -2.35. The number of hydrogen-bond donors (Lipinski definition) is 1. The second-order valence-corrected chi connectivity index (χ2v) is 5.02. The van der Waals surface area contributed by atoms with Crippen LogP contribution in [0.4, 0.5) is 4.79 Å². The fourth-order valence-electron chi connectivity index (χ4n) is 2.53. The first kappa shape index (κ1) is 16.4. The van der Waals surface area contributed by atoms with E-state index in [1.165, 1.54) is 4.90 Å². The van der Waals surface area contributed by atoms with Gasteiger partial charge < -0.3 is 10.1 Å². The Balaban J connectivity index is 2.55. The number of allylic oxidation sites excluding steroid dienone is 1. The van der Waals surface area contributed by atoms with Gasteiger partial charge in [-0.2, -0.15) is 0 Å². The van der Waals surface area contributed by atoms with Crippen molar-refractivity contribution in [3.05, 3.63) is 47.2 Å². The summed E-state index contributed by atoms with van der Waals surface area (Å²) < 4.78 is 5.16. The van der Waals surface area contributed by atoms with Crippen molar-refractivity contribution < 1.29 is 14.3 Å². The molecule has 22 heavy (non-hydrogen) atoms. The first-order valence-corrected chi connectivity index (χ1v) is 7.76. The van der Waals surface area contributed by atoms with Crippen molar-refractivity contribution >= 4 is 23.6 Å². The maximum absolute atomic E-state index is 12.4. The molecule has 6 heteroatoms. The Labute approximate surface area is 134 Å². The minimum atomic E-state index is -0.552. The average Bonchev–Trinajstić information content (AvgIpc) is 2.54. The summed E-state index contributed by atoms with van der Waals surface area (Å²) in [6, 6.07) is 8.50. The molecule has 0 spiro atoms. The number of nitrogens with one attached hydrogen (secondary N) is 1. The Hall–Kier alpha value is -2.01. The Morgan fingerprint density at radius 3 is 2.55 bits per heavy atom. The predicted octanol–water partition coefficient (Wildman–Crippen LogP) is 2.83. The molecule has 0 saturated carbocycles. The van der Waals surface area contributed by atoms with Crippen molar-refractivity contribution in [2.24, 2.45) is 0 Å². The van der Waals surface area contributed by atoms with Gasteiger partial charge in [0.2, 0.25) is 0 Å². The zero-order chi connectivity index (χ0) is 16.1. The summed E-state index contributed by atoms with van der Waals surface area (Å²) in [5, 5.41) is 2.86. The van der Waals surface area contributed by atoms with Crippen LogP contribution < -0.4 is 5.32 Å². The van der Waals surface area contributed by atoms with Crippen LogP contribution in [0, 0.1) is 0 Å². The quantitative estimate of drug-likeness (QED) is 0.670. The zero-order valence-electron chi connectivity index (χ0n) is 12.6. The summed E-state index contributed by atoms with van der Waals surface area (Å²) in [6.45, 7) is 4.27. The van der Waals surface area contributed by atoms with Gasteiger partial charge in [-0.25, -0.2) is 9.59 Å². The molecule has 0 saturated heterocycles. The van der Waals surface area contributed by atoms with Crippen LogP contribution in [-0.2, 0) is 9.53 Å². The van der Waals surface area contributed by atoms with Crippen molar-refractivity contribution in [2.75, 3.05) is 19.0 Å². The van der Waals surface area contributed by atoms with E-state index in [-0.39, 0.29) is 18.5 Å². The first-order valence-electron chi connectivity index (χ1n) is 7.23. The summed E-state index contributed by atoms with van der Waals surface area (Å²) in [5.41, 5.74) is 1.71. The van der Waals surface area contributed by atoms with Gasteiger partial charge in [0.25, 0.3) is 0 Å². The van der Waals surface area contributed by atoms with Crippen LogP contribution in [0.1, 0.15) is 25.5 Å². The summed E-state index contributed by atoms with van der Waals surface area (Å²) in [7, 11) is 0. The van der Waals surface area contributed by atoms with Crippen molar-refractivity contribution in [3.63, 3.8) is 0 Å². The maximum atomic E-state index is 12.4. The highest BCUT2D eigenvalue weighted by molar-refractivity contribution is 6.20. The highest BCUT2D eigenvalue weighted by Gasteiger charge is 2.37. The van der Waals surface area contributed by atoms with Crippen molar-refractivity contribution in [3.8, 4) is 0 Å². The Bertz CT molecular complexity index is 586. The SMILES string of the molecule is CCOC(=O)C1=C(CCl)N(CC)C(=O)N[C@@H]1c1ccccc1. The molecule has 2 rings (SSSR count). The first-order chi connectivity index (χ1) is 10.6. The number of rotatable bonds is 5. The van der Waals surface area contributed by atoms with Gasteiger partial charge in [-0.05, 0) is 19.4 Å². The molecule has 2 amide bonds. The summed E-state index contributed by atoms with van der Waals surface area (Å²) >= 11 is 6.02. The molecule has 118 valence electrons. The lowest BCUT2D eigenvalue weighted by atomic mass is 9.95. The second-order valence-electron chi connectivity index (χ2n) is 4.75. The summed E-state index contributed by atoms with van der Waals surface area (Å²) in [5.74, 6) is -0.385. The predicted molar refractivity (Wildman–Crippen MR) is 84.5 cm³/mol. The molecule has 5 nitrogen and oxygen atoms in total. The van der Waals surface area contributed by atoms with Gasteiger partial charge in [-0.15, -0.1) is 11.6 Å². The molecule has 0 radical (unpaired) electrons. The largest absolute Gasteiger partial charge is 0.463 e. The standard InChI is InChI=1S/C16H19ClN2O3/c1-3-19-12(10-17)13(15(20)22-4-2)14(18-16(19)21)11-8-6-5-7-9-11/h5-9,14H,3-4,10H2,1-2H3,(H,18,21)/t14-/m1/s1. The monoisotopic (exact) mass is 322 g/mol. The lowest BCUT2D eigenvalue weighted by molar-refractivity contribution is -0.139. The van der Waals surface area contributed by atoms with Crippen LogP contribution >= 0.6 is 11.6 Å². The van der Waals surface area contributed by atoms with Crippen molar-refractivity contribution in [2.45, 2.75) is 19.9 Å².